The molecule has 0 spiro atoms. The molecule has 20 heavy (non-hydrogen) atoms. The van der Waals surface area contributed by atoms with E-state index in [4.69, 9.17) is 11.6 Å². The highest BCUT2D eigenvalue weighted by molar-refractivity contribution is 6.17. The molecule has 0 saturated heterocycles. The molecule has 0 bridgehead atoms. The summed E-state index contributed by atoms with van der Waals surface area (Å²) in [6.07, 6.45) is 21.2. The van der Waals surface area contributed by atoms with E-state index in [-0.39, 0.29) is 0 Å². The van der Waals surface area contributed by atoms with Gasteiger partial charge < -0.3 is 0 Å². The smallest absolute Gasteiger partial charge is 0.0223 e. The van der Waals surface area contributed by atoms with Gasteiger partial charge in [0.2, 0.25) is 0 Å². The third-order valence-electron chi connectivity index (χ3n) is 4.38. The second-order valence-corrected chi connectivity index (χ2v) is 6.99. The molecule has 0 fully saturated rings. The van der Waals surface area contributed by atoms with Gasteiger partial charge in [-0.25, -0.2) is 0 Å². The van der Waals surface area contributed by atoms with Gasteiger partial charge in [0.25, 0.3) is 0 Å². The van der Waals surface area contributed by atoms with Crippen LogP contribution in [0.5, 0.6) is 0 Å². The van der Waals surface area contributed by atoms with Gasteiger partial charge in [-0.3, -0.25) is 0 Å². The summed E-state index contributed by atoms with van der Waals surface area (Å²) in [7, 11) is 0. The van der Waals surface area contributed by atoms with Gasteiger partial charge in [-0.05, 0) is 12.3 Å². The van der Waals surface area contributed by atoms with Crippen LogP contribution in [0.4, 0.5) is 0 Å². The van der Waals surface area contributed by atoms with Crippen LogP contribution in [-0.2, 0) is 0 Å². The maximum atomic E-state index is 5.68. The molecule has 0 aromatic rings. The average Bonchev–Trinajstić information content (AvgIpc) is 2.45. The van der Waals surface area contributed by atoms with E-state index in [2.05, 4.69) is 13.8 Å². The predicted octanol–water partition coefficient (Wildman–Crippen LogP) is 7.73. The van der Waals surface area contributed by atoms with Crippen LogP contribution in [0.15, 0.2) is 0 Å². The van der Waals surface area contributed by atoms with Crippen LogP contribution < -0.4 is 0 Å². The Hall–Kier alpha value is 0.290. The van der Waals surface area contributed by atoms with E-state index in [1.807, 2.05) is 0 Å². The number of halogens is 1. The Kier molecular flexibility index (Phi) is 17.6. The highest BCUT2D eigenvalue weighted by Gasteiger charge is 2.02. The third kappa shape index (κ3) is 16.3. The molecule has 0 radical (unpaired) electrons. The first kappa shape index (κ1) is 20.3. The molecule has 0 amide bonds. The van der Waals surface area contributed by atoms with Gasteiger partial charge in [-0.2, -0.15) is 0 Å². The Labute approximate surface area is 134 Å². The van der Waals surface area contributed by atoms with Crippen molar-refractivity contribution in [3.63, 3.8) is 0 Å². The maximum absolute atomic E-state index is 5.68. The molecule has 0 aromatic heterocycles. The number of alkyl halides is 1. The summed E-state index contributed by atoms with van der Waals surface area (Å²) in [5.41, 5.74) is 0. The van der Waals surface area contributed by atoms with E-state index in [1.165, 1.54) is 96.3 Å². The number of hydrogen-bond donors (Lipinski definition) is 0. The zero-order valence-corrected chi connectivity index (χ0v) is 15.0. The summed E-state index contributed by atoms with van der Waals surface area (Å²) >= 11 is 5.68. The van der Waals surface area contributed by atoms with E-state index in [9.17, 15) is 0 Å². The van der Waals surface area contributed by atoms with Gasteiger partial charge in [-0.15, -0.1) is 11.6 Å². The summed E-state index contributed by atoms with van der Waals surface area (Å²) in [6, 6.07) is 0. The maximum Gasteiger partial charge on any atom is 0.0223 e. The molecule has 0 N–H and O–H groups in total. The molecule has 1 atom stereocenters. The SMILES string of the molecule is CCCCCCCCC(C)CCCCCCCCCCl. The average molecular weight is 303 g/mol. The molecule has 0 aromatic carbocycles. The topological polar surface area (TPSA) is 0 Å². The molecule has 122 valence electrons. The van der Waals surface area contributed by atoms with Crippen molar-refractivity contribution >= 4 is 11.6 Å². The second kappa shape index (κ2) is 17.3. The predicted molar refractivity (Wildman–Crippen MR) is 94.8 cm³/mol. The first-order valence-electron chi connectivity index (χ1n) is 9.37. The van der Waals surface area contributed by atoms with Crippen molar-refractivity contribution in [1.82, 2.24) is 0 Å². The van der Waals surface area contributed by atoms with Gasteiger partial charge in [-0.1, -0.05) is 104 Å². The van der Waals surface area contributed by atoms with Crippen LogP contribution in [0.1, 0.15) is 110 Å². The Balaban J connectivity index is 3.10. The van der Waals surface area contributed by atoms with Crippen LogP contribution in [0, 0.1) is 5.92 Å². The minimum absolute atomic E-state index is 0.843. The zero-order valence-electron chi connectivity index (χ0n) is 14.3. The van der Waals surface area contributed by atoms with Crippen LogP contribution in [-0.4, -0.2) is 5.88 Å². The molecule has 1 heteroatoms. The first-order valence-corrected chi connectivity index (χ1v) is 9.90. The Bertz CT molecular complexity index is 167. The number of hydrogen-bond acceptors (Lipinski definition) is 0. The second-order valence-electron chi connectivity index (χ2n) is 6.61. The van der Waals surface area contributed by atoms with Gasteiger partial charge >= 0.3 is 0 Å². The van der Waals surface area contributed by atoms with Crippen LogP contribution in [0.2, 0.25) is 0 Å². The molecule has 0 saturated carbocycles. The summed E-state index contributed by atoms with van der Waals surface area (Å²) in [5.74, 6) is 1.80. The van der Waals surface area contributed by atoms with E-state index in [1.54, 1.807) is 0 Å². The standard InChI is InChI=1S/C19H39Cl/c1-3-4-5-6-10-13-16-19(2)17-14-11-8-7-9-12-15-18-20/h19H,3-18H2,1-2H3. The van der Waals surface area contributed by atoms with Crippen molar-refractivity contribution in [3.8, 4) is 0 Å². The molecule has 0 aliphatic rings. The lowest BCUT2D eigenvalue weighted by molar-refractivity contribution is 0.431. The molecule has 0 heterocycles. The Morgan fingerprint density at radius 2 is 1.00 bits per heavy atom. The van der Waals surface area contributed by atoms with E-state index in [0.717, 1.165) is 11.8 Å². The van der Waals surface area contributed by atoms with Crippen molar-refractivity contribution in [2.45, 2.75) is 110 Å². The lowest BCUT2D eigenvalue weighted by atomic mass is 9.96. The quantitative estimate of drug-likeness (QED) is 0.202. The number of unbranched alkanes of at least 4 members (excludes halogenated alkanes) is 11. The van der Waals surface area contributed by atoms with Crippen LogP contribution in [0.3, 0.4) is 0 Å². The molecule has 0 aliphatic heterocycles. The lowest BCUT2D eigenvalue weighted by Crippen LogP contribution is -1.95. The van der Waals surface area contributed by atoms with Gasteiger partial charge in [0.15, 0.2) is 0 Å². The molecule has 0 rings (SSSR count). The van der Waals surface area contributed by atoms with Crippen molar-refractivity contribution in [2.75, 3.05) is 5.88 Å². The number of rotatable bonds is 16. The van der Waals surface area contributed by atoms with Gasteiger partial charge in [0.05, 0.1) is 0 Å². The van der Waals surface area contributed by atoms with Crippen LogP contribution in [0.25, 0.3) is 0 Å². The summed E-state index contributed by atoms with van der Waals surface area (Å²) in [5, 5.41) is 0. The first-order chi connectivity index (χ1) is 9.81. The largest absolute Gasteiger partial charge is 0.127 e. The highest BCUT2D eigenvalue weighted by atomic mass is 35.5. The van der Waals surface area contributed by atoms with Gasteiger partial charge in [0, 0.05) is 5.88 Å². The third-order valence-corrected chi connectivity index (χ3v) is 4.65. The monoisotopic (exact) mass is 302 g/mol. The van der Waals surface area contributed by atoms with Gasteiger partial charge in [0.1, 0.15) is 0 Å². The van der Waals surface area contributed by atoms with E-state index in [0.29, 0.717) is 0 Å². The lowest BCUT2D eigenvalue weighted by Gasteiger charge is -2.11. The minimum atomic E-state index is 0.843. The molecular weight excluding hydrogens is 264 g/mol. The molecule has 1 unspecified atom stereocenters. The van der Waals surface area contributed by atoms with Crippen molar-refractivity contribution < 1.29 is 0 Å². The Morgan fingerprint density at radius 3 is 1.45 bits per heavy atom. The minimum Gasteiger partial charge on any atom is -0.127 e. The fourth-order valence-electron chi connectivity index (χ4n) is 2.89. The summed E-state index contributed by atoms with van der Waals surface area (Å²) in [4.78, 5) is 0. The normalized spacial score (nSPS) is 12.8. The van der Waals surface area contributed by atoms with E-state index < -0.39 is 0 Å². The zero-order chi connectivity index (χ0) is 14.9. The fourth-order valence-corrected chi connectivity index (χ4v) is 3.08. The van der Waals surface area contributed by atoms with Crippen molar-refractivity contribution in [2.24, 2.45) is 5.92 Å². The summed E-state index contributed by atoms with van der Waals surface area (Å²) < 4.78 is 0. The fraction of sp³-hybridized carbons (Fsp3) is 1.00. The van der Waals surface area contributed by atoms with Crippen molar-refractivity contribution in [3.05, 3.63) is 0 Å². The molecule has 0 nitrogen and oxygen atoms in total. The van der Waals surface area contributed by atoms with Crippen LogP contribution >= 0.6 is 11.6 Å². The summed E-state index contributed by atoms with van der Waals surface area (Å²) in [6.45, 7) is 4.74. The highest BCUT2D eigenvalue weighted by Crippen LogP contribution is 2.18. The Morgan fingerprint density at radius 1 is 0.600 bits per heavy atom. The molecular formula is C19H39Cl. The van der Waals surface area contributed by atoms with Crippen molar-refractivity contribution in [1.29, 1.82) is 0 Å². The van der Waals surface area contributed by atoms with E-state index >= 15 is 0 Å². The molecule has 0 aliphatic carbocycles.